The molecule has 5 nitrogen and oxygen atoms in total. The van der Waals surface area contributed by atoms with Crippen molar-refractivity contribution in [1.82, 2.24) is 15.0 Å². The summed E-state index contributed by atoms with van der Waals surface area (Å²) in [7, 11) is 3.19. The van der Waals surface area contributed by atoms with Crippen molar-refractivity contribution >= 4 is 0 Å². The van der Waals surface area contributed by atoms with Crippen molar-refractivity contribution in [2.75, 3.05) is 14.2 Å². The number of hydrogen-bond acceptors (Lipinski definition) is 5. The molecule has 0 N–H and O–H groups in total. The maximum atomic E-state index is 5.22. The second-order valence-electron chi connectivity index (χ2n) is 6.83. The first-order valence-electron chi connectivity index (χ1n) is 7.55. The number of nitrogens with zero attached hydrogens (tertiary/aromatic N) is 3. The largest absolute Gasteiger partial charge is 0.467 e. The molecule has 0 aromatic carbocycles. The Morgan fingerprint density at radius 2 is 1.25 bits per heavy atom. The third-order valence-electron chi connectivity index (χ3n) is 5.47. The Balaban J connectivity index is 1.76. The van der Waals surface area contributed by atoms with Crippen LogP contribution >= 0.6 is 0 Å². The third-order valence-corrected chi connectivity index (χ3v) is 5.47. The van der Waals surface area contributed by atoms with Gasteiger partial charge in [0.1, 0.15) is 5.82 Å². The van der Waals surface area contributed by atoms with Gasteiger partial charge in [-0.05, 0) is 56.3 Å². The molecule has 0 spiro atoms. The van der Waals surface area contributed by atoms with Crippen molar-refractivity contribution < 1.29 is 9.47 Å². The molecule has 1 aromatic rings. The first-order valence-corrected chi connectivity index (χ1v) is 7.55. The van der Waals surface area contributed by atoms with Gasteiger partial charge in [0.15, 0.2) is 0 Å². The van der Waals surface area contributed by atoms with Crippen LogP contribution in [0.25, 0.3) is 0 Å². The summed E-state index contributed by atoms with van der Waals surface area (Å²) in [6, 6.07) is 0.755. The first-order chi connectivity index (χ1) is 9.70. The van der Waals surface area contributed by atoms with Crippen molar-refractivity contribution in [2.24, 2.45) is 17.8 Å². The molecule has 0 saturated heterocycles. The van der Waals surface area contributed by atoms with E-state index >= 15 is 0 Å². The lowest BCUT2D eigenvalue weighted by Crippen LogP contribution is -2.49. The highest BCUT2D eigenvalue weighted by Crippen LogP contribution is 2.60. The predicted molar refractivity (Wildman–Crippen MR) is 72.8 cm³/mol. The smallest absolute Gasteiger partial charge is 0.322 e. The fourth-order valence-corrected chi connectivity index (χ4v) is 5.14. The van der Waals surface area contributed by atoms with Gasteiger partial charge in [-0.25, -0.2) is 0 Å². The van der Waals surface area contributed by atoms with Crippen molar-refractivity contribution in [3.05, 3.63) is 5.82 Å². The zero-order chi connectivity index (χ0) is 13.7. The van der Waals surface area contributed by atoms with Crippen LogP contribution in [0.1, 0.15) is 44.3 Å². The Bertz CT molecular complexity index is 474. The van der Waals surface area contributed by atoms with E-state index in [9.17, 15) is 0 Å². The van der Waals surface area contributed by atoms with Gasteiger partial charge in [0.25, 0.3) is 0 Å². The summed E-state index contributed by atoms with van der Waals surface area (Å²) in [6.45, 7) is 0. The zero-order valence-corrected chi connectivity index (χ0v) is 12.1. The van der Waals surface area contributed by atoms with E-state index in [0.29, 0.717) is 12.0 Å². The molecule has 4 aliphatic carbocycles. The highest BCUT2D eigenvalue weighted by atomic mass is 16.5. The monoisotopic (exact) mass is 275 g/mol. The molecule has 4 saturated carbocycles. The molecule has 5 heteroatoms. The molecule has 0 radical (unpaired) electrons. The number of ether oxygens (including phenoxy) is 2. The number of methoxy groups -OCH3 is 2. The average Bonchev–Trinajstić information content (AvgIpc) is 2.45. The Hall–Kier alpha value is -1.39. The minimum absolute atomic E-state index is 0.151. The Kier molecular flexibility index (Phi) is 2.66. The predicted octanol–water partition coefficient (Wildman–Crippen LogP) is 2.36. The second kappa shape index (κ2) is 4.30. The molecule has 20 heavy (non-hydrogen) atoms. The Labute approximate surface area is 119 Å². The molecule has 0 atom stereocenters. The van der Waals surface area contributed by atoms with Crippen LogP contribution in [-0.4, -0.2) is 29.2 Å². The lowest BCUT2D eigenvalue weighted by atomic mass is 9.49. The summed E-state index contributed by atoms with van der Waals surface area (Å²) >= 11 is 0. The van der Waals surface area contributed by atoms with Gasteiger partial charge >= 0.3 is 12.0 Å². The van der Waals surface area contributed by atoms with Crippen LogP contribution in [-0.2, 0) is 5.41 Å². The maximum Gasteiger partial charge on any atom is 0.322 e. The van der Waals surface area contributed by atoms with E-state index in [2.05, 4.69) is 15.0 Å². The summed E-state index contributed by atoms with van der Waals surface area (Å²) in [5, 5.41) is 0. The number of rotatable bonds is 3. The van der Waals surface area contributed by atoms with Crippen molar-refractivity contribution in [3.63, 3.8) is 0 Å². The van der Waals surface area contributed by atoms with Gasteiger partial charge < -0.3 is 9.47 Å². The van der Waals surface area contributed by atoms with Crippen molar-refractivity contribution in [1.29, 1.82) is 0 Å². The van der Waals surface area contributed by atoms with Crippen molar-refractivity contribution in [2.45, 2.75) is 43.9 Å². The molecule has 4 bridgehead atoms. The van der Waals surface area contributed by atoms with Crippen LogP contribution in [0.2, 0.25) is 0 Å². The quantitative estimate of drug-likeness (QED) is 0.847. The number of aromatic nitrogens is 3. The Morgan fingerprint density at radius 1 is 0.800 bits per heavy atom. The van der Waals surface area contributed by atoms with Gasteiger partial charge in [0.05, 0.1) is 14.2 Å². The van der Waals surface area contributed by atoms with Crippen LogP contribution in [0.3, 0.4) is 0 Å². The summed E-state index contributed by atoms with van der Waals surface area (Å²) < 4.78 is 10.4. The minimum atomic E-state index is 0.151. The van der Waals surface area contributed by atoms with E-state index in [0.717, 1.165) is 23.6 Å². The molecular formula is C15H21N3O2. The van der Waals surface area contributed by atoms with Crippen LogP contribution in [0, 0.1) is 17.8 Å². The second-order valence-corrected chi connectivity index (χ2v) is 6.83. The zero-order valence-electron chi connectivity index (χ0n) is 12.1. The SMILES string of the molecule is COc1nc(OC)nc(C23CC4CC(CC(C4)C2)C3)n1. The van der Waals surface area contributed by atoms with Crippen LogP contribution in [0.15, 0.2) is 0 Å². The molecule has 5 rings (SSSR count). The third kappa shape index (κ3) is 1.79. The standard InChI is InChI=1S/C15H21N3O2/c1-19-13-16-12(17-14(18-13)20-2)15-6-9-3-10(7-15)5-11(4-9)8-15/h9-11H,3-8H2,1-2H3. The molecule has 4 fully saturated rings. The first kappa shape index (κ1) is 12.4. The minimum Gasteiger partial charge on any atom is -0.467 e. The topological polar surface area (TPSA) is 57.1 Å². The fourth-order valence-electron chi connectivity index (χ4n) is 5.14. The molecule has 0 aliphatic heterocycles. The average molecular weight is 275 g/mol. The van der Waals surface area contributed by atoms with E-state index in [1.54, 1.807) is 14.2 Å². The van der Waals surface area contributed by atoms with Gasteiger partial charge in [-0.1, -0.05) is 0 Å². The van der Waals surface area contributed by atoms with Crippen LogP contribution in [0.4, 0.5) is 0 Å². The van der Waals surface area contributed by atoms with Gasteiger partial charge in [0.2, 0.25) is 0 Å². The van der Waals surface area contributed by atoms with Gasteiger partial charge in [0, 0.05) is 5.41 Å². The normalized spacial score (nSPS) is 38.0. The summed E-state index contributed by atoms with van der Waals surface area (Å²) in [6.07, 6.45) is 7.94. The molecule has 0 unspecified atom stereocenters. The fraction of sp³-hybridized carbons (Fsp3) is 0.800. The van der Waals surface area contributed by atoms with Gasteiger partial charge in [-0.2, -0.15) is 9.97 Å². The van der Waals surface area contributed by atoms with Gasteiger partial charge in [-0.3, -0.25) is 0 Å². The lowest BCUT2D eigenvalue weighted by molar-refractivity contribution is -0.0101. The molecular weight excluding hydrogens is 254 g/mol. The lowest BCUT2D eigenvalue weighted by Gasteiger charge is -2.55. The van der Waals surface area contributed by atoms with E-state index in [1.807, 2.05) is 0 Å². The van der Waals surface area contributed by atoms with Crippen LogP contribution in [0.5, 0.6) is 12.0 Å². The highest BCUT2D eigenvalue weighted by molar-refractivity contribution is 5.20. The molecule has 0 amide bonds. The summed E-state index contributed by atoms with van der Waals surface area (Å²) in [5.74, 6) is 3.51. The molecule has 108 valence electrons. The van der Waals surface area contributed by atoms with E-state index in [-0.39, 0.29) is 5.41 Å². The summed E-state index contributed by atoms with van der Waals surface area (Å²) in [5.41, 5.74) is 0.151. The Morgan fingerprint density at radius 3 is 1.65 bits per heavy atom. The summed E-state index contributed by atoms with van der Waals surface area (Å²) in [4.78, 5) is 13.3. The highest BCUT2D eigenvalue weighted by Gasteiger charge is 2.53. The van der Waals surface area contributed by atoms with E-state index in [1.165, 1.54) is 38.5 Å². The van der Waals surface area contributed by atoms with Crippen LogP contribution < -0.4 is 9.47 Å². The van der Waals surface area contributed by atoms with E-state index in [4.69, 9.17) is 9.47 Å². The number of hydrogen-bond donors (Lipinski definition) is 0. The van der Waals surface area contributed by atoms with Crippen molar-refractivity contribution in [3.8, 4) is 12.0 Å². The molecule has 1 aromatic heterocycles. The molecule has 1 heterocycles. The van der Waals surface area contributed by atoms with Gasteiger partial charge in [-0.15, -0.1) is 4.98 Å². The molecule has 4 aliphatic rings. The maximum absolute atomic E-state index is 5.22. The van der Waals surface area contributed by atoms with E-state index < -0.39 is 0 Å².